The number of unbranched alkanes of at least 4 members (excludes halogenated alkanes) is 3. The van der Waals surface area contributed by atoms with Crippen LogP contribution < -0.4 is 0 Å². The van der Waals surface area contributed by atoms with Crippen molar-refractivity contribution in [3.05, 3.63) is 0 Å². The predicted molar refractivity (Wildman–Crippen MR) is 120 cm³/mol. The maximum absolute atomic E-state index is 2.55. The second-order valence-corrected chi connectivity index (χ2v) is 10.7. The smallest absolute Gasteiger partial charge is 0.0354 e. The van der Waals surface area contributed by atoms with Crippen LogP contribution >= 0.6 is 0 Å². The number of hydrogen-bond donors (Lipinski definition) is 0. The first-order chi connectivity index (χ1) is 12.3. The van der Waals surface area contributed by atoms with Crippen LogP contribution in [0, 0.1) is 35.0 Å². The number of rotatable bonds is 15. The molecule has 1 aliphatic carbocycles. The lowest BCUT2D eigenvalue weighted by molar-refractivity contribution is 0.0525. The van der Waals surface area contributed by atoms with Crippen molar-refractivity contribution in [2.24, 2.45) is 35.0 Å². The van der Waals surface area contributed by atoms with E-state index in [1.165, 1.54) is 83.5 Å². The summed E-state index contributed by atoms with van der Waals surface area (Å²) >= 11 is 0. The zero-order valence-corrected chi connectivity index (χ0v) is 19.6. The molecule has 0 bridgehead atoms. The van der Waals surface area contributed by atoms with E-state index in [0.717, 1.165) is 29.6 Å². The molecule has 0 aromatic rings. The Morgan fingerprint density at radius 3 is 2.00 bits per heavy atom. The number of hydrogen-bond acceptors (Lipinski definition) is 0. The minimum absolute atomic E-state index is 0.574. The van der Waals surface area contributed by atoms with E-state index < -0.39 is 0 Å². The highest BCUT2D eigenvalue weighted by atomic mass is 14.4. The molecule has 0 heteroatoms. The standard InChI is InChI=1S/C26H52/c1-8-11-13-18-26(6,7)19-14-12-15-23-16-17-25(23)24(10-3)22(5)20-21(4)9-2/h21-25H,8-20H2,1-7H3. The molecule has 1 rings (SSSR count). The van der Waals surface area contributed by atoms with Crippen molar-refractivity contribution in [2.45, 2.75) is 132 Å². The molecule has 5 unspecified atom stereocenters. The van der Waals surface area contributed by atoms with Gasteiger partial charge in [-0.3, -0.25) is 0 Å². The van der Waals surface area contributed by atoms with Gasteiger partial charge in [0.25, 0.3) is 0 Å². The first-order valence-corrected chi connectivity index (χ1v) is 12.3. The van der Waals surface area contributed by atoms with Gasteiger partial charge in [0, 0.05) is 0 Å². The van der Waals surface area contributed by atoms with Crippen LogP contribution in [-0.4, -0.2) is 0 Å². The Bertz CT molecular complexity index is 342. The molecule has 0 nitrogen and oxygen atoms in total. The van der Waals surface area contributed by atoms with Gasteiger partial charge < -0.3 is 0 Å². The van der Waals surface area contributed by atoms with Crippen LogP contribution in [0.2, 0.25) is 0 Å². The van der Waals surface area contributed by atoms with Crippen LogP contribution in [0.4, 0.5) is 0 Å². The third-order valence-corrected chi connectivity index (χ3v) is 7.84. The van der Waals surface area contributed by atoms with Crippen LogP contribution in [-0.2, 0) is 0 Å². The molecule has 156 valence electrons. The van der Waals surface area contributed by atoms with Gasteiger partial charge in [0.05, 0.1) is 0 Å². The Morgan fingerprint density at radius 2 is 1.50 bits per heavy atom. The molecule has 0 aromatic heterocycles. The van der Waals surface area contributed by atoms with E-state index in [9.17, 15) is 0 Å². The monoisotopic (exact) mass is 364 g/mol. The Morgan fingerprint density at radius 1 is 0.846 bits per heavy atom. The van der Waals surface area contributed by atoms with Crippen molar-refractivity contribution in [3.63, 3.8) is 0 Å². The average molecular weight is 365 g/mol. The molecule has 0 radical (unpaired) electrons. The van der Waals surface area contributed by atoms with Crippen molar-refractivity contribution in [1.82, 2.24) is 0 Å². The van der Waals surface area contributed by atoms with Crippen LogP contribution in [0.25, 0.3) is 0 Å². The minimum Gasteiger partial charge on any atom is -0.0654 e. The van der Waals surface area contributed by atoms with Crippen molar-refractivity contribution >= 4 is 0 Å². The fraction of sp³-hybridized carbons (Fsp3) is 1.00. The largest absolute Gasteiger partial charge is 0.0654 e. The second kappa shape index (κ2) is 12.5. The van der Waals surface area contributed by atoms with Gasteiger partial charge in [-0.1, -0.05) is 99.8 Å². The Hall–Kier alpha value is 0. The van der Waals surface area contributed by atoms with E-state index in [1.807, 2.05) is 0 Å². The third kappa shape index (κ3) is 8.35. The van der Waals surface area contributed by atoms with Crippen LogP contribution in [0.3, 0.4) is 0 Å². The van der Waals surface area contributed by atoms with Crippen molar-refractivity contribution in [3.8, 4) is 0 Å². The quantitative estimate of drug-likeness (QED) is 0.254. The molecule has 1 fully saturated rings. The highest BCUT2D eigenvalue weighted by molar-refractivity contribution is 4.88. The van der Waals surface area contributed by atoms with Crippen molar-refractivity contribution in [2.75, 3.05) is 0 Å². The summed E-state index contributed by atoms with van der Waals surface area (Å²) in [5.74, 6) is 4.94. The Balaban J connectivity index is 2.30. The van der Waals surface area contributed by atoms with Gasteiger partial charge >= 0.3 is 0 Å². The first-order valence-electron chi connectivity index (χ1n) is 12.3. The molecule has 1 saturated carbocycles. The maximum atomic E-state index is 2.55. The van der Waals surface area contributed by atoms with Crippen molar-refractivity contribution < 1.29 is 0 Å². The average Bonchev–Trinajstić information content (AvgIpc) is 2.57. The molecule has 0 saturated heterocycles. The molecule has 0 aromatic carbocycles. The second-order valence-electron chi connectivity index (χ2n) is 10.7. The molecule has 0 heterocycles. The summed E-state index contributed by atoms with van der Waals surface area (Å²) in [6.07, 6.45) is 18.8. The van der Waals surface area contributed by atoms with Crippen LogP contribution in [0.1, 0.15) is 132 Å². The fourth-order valence-electron chi connectivity index (χ4n) is 5.61. The first kappa shape index (κ1) is 24.0. The van der Waals surface area contributed by atoms with E-state index >= 15 is 0 Å². The lowest BCUT2D eigenvalue weighted by Crippen LogP contribution is -2.36. The molecule has 0 spiro atoms. The predicted octanol–water partition coefficient (Wildman–Crippen LogP) is 9.28. The van der Waals surface area contributed by atoms with Gasteiger partial charge in [-0.05, 0) is 67.1 Å². The summed E-state index contributed by atoms with van der Waals surface area (Å²) in [5.41, 5.74) is 0.574. The van der Waals surface area contributed by atoms with E-state index in [-0.39, 0.29) is 0 Å². The fourth-order valence-corrected chi connectivity index (χ4v) is 5.61. The van der Waals surface area contributed by atoms with Crippen LogP contribution in [0.5, 0.6) is 0 Å². The van der Waals surface area contributed by atoms with Crippen molar-refractivity contribution in [1.29, 1.82) is 0 Å². The Labute approximate surface area is 167 Å². The molecule has 26 heavy (non-hydrogen) atoms. The lowest BCUT2D eigenvalue weighted by Gasteiger charge is -2.45. The molecule has 0 aliphatic heterocycles. The van der Waals surface area contributed by atoms with Gasteiger partial charge in [-0.2, -0.15) is 0 Å². The van der Waals surface area contributed by atoms with Gasteiger partial charge in [-0.15, -0.1) is 0 Å². The van der Waals surface area contributed by atoms with Crippen LogP contribution in [0.15, 0.2) is 0 Å². The van der Waals surface area contributed by atoms with Gasteiger partial charge in [0.15, 0.2) is 0 Å². The summed E-state index contributed by atoms with van der Waals surface area (Å²) < 4.78 is 0. The summed E-state index contributed by atoms with van der Waals surface area (Å²) in [4.78, 5) is 0. The summed E-state index contributed by atoms with van der Waals surface area (Å²) in [6, 6.07) is 0. The van der Waals surface area contributed by atoms with Gasteiger partial charge in [0.2, 0.25) is 0 Å². The topological polar surface area (TPSA) is 0 Å². The van der Waals surface area contributed by atoms with E-state index in [4.69, 9.17) is 0 Å². The van der Waals surface area contributed by atoms with Gasteiger partial charge in [0.1, 0.15) is 0 Å². The van der Waals surface area contributed by atoms with Gasteiger partial charge in [-0.25, -0.2) is 0 Å². The zero-order chi connectivity index (χ0) is 19.6. The highest BCUT2D eigenvalue weighted by Gasteiger charge is 2.37. The zero-order valence-electron chi connectivity index (χ0n) is 19.6. The molecule has 0 N–H and O–H groups in total. The normalized spacial score (nSPS) is 24.1. The molecular weight excluding hydrogens is 312 g/mol. The van der Waals surface area contributed by atoms with E-state index in [2.05, 4.69) is 48.5 Å². The maximum Gasteiger partial charge on any atom is -0.0354 e. The summed E-state index contributed by atoms with van der Waals surface area (Å²) in [5, 5.41) is 0. The van der Waals surface area contributed by atoms with E-state index in [0.29, 0.717) is 5.41 Å². The molecule has 5 atom stereocenters. The molecule has 0 amide bonds. The summed E-state index contributed by atoms with van der Waals surface area (Å²) in [6.45, 7) is 17.1. The highest BCUT2D eigenvalue weighted by Crippen LogP contribution is 2.47. The SMILES string of the molecule is CCCCCC(C)(C)CCCCC1CCC1C(CC)C(C)CC(C)CC. The molecule has 1 aliphatic rings. The third-order valence-electron chi connectivity index (χ3n) is 7.84. The minimum atomic E-state index is 0.574. The summed E-state index contributed by atoms with van der Waals surface area (Å²) in [7, 11) is 0. The van der Waals surface area contributed by atoms with E-state index in [1.54, 1.807) is 0 Å². The lowest BCUT2D eigenvalue weighted by atomic mass is 9.61. The Kier molecular flexibility index (Phi) is 11.5. The molecular formula is C26H52.